The third kappa shape index (κ3) is 5.05. The van der Waals surface area contributed by atoms with Gasteiger partial charge >= 0.3 is 0 Å². The molecule has 2 atom stereocenters. The molecule has 1 aliphatic heterocycles. The van der Waals surface area contributed by atoms with Crippen LogP contribution in [0.2, 0.25) is 0 Å². The van der Waals surface area contributed by atoms with Crippen LogP contribution in [0, 0.1) is 19.8 Å². The summed E-state index contributed by atoms with van der Waals surface area (Å²) in [6.45, 7) is 10.7. The van der Waals surface area contributed by atoms with E-state index >= 15 is 0 Å². The maximum atomic E-state index is 13.2. The summed E-state index contributed by atoms with van der Waals surface area (Å²) in [7, 11) is 0. The van der Waals surface area contributed by atoms with Crippen molar-refractivity contribution in [1.82, 2.24) is 30.1 Å². The Hall–Kier alpha value is -2.58. The number of H-pyrrole nitrogens is 1. The number of ether oxygens (including phenoxy) is 1. The zero-order valence-corrected chi connectivity index (χ0v) is 21.5. The molecule has 1 saturated carbocycles. The predicted octanol–water partition coefficient (Wildman–Crippen LogP) is 4.45. The lowest BCUT2D eigenvalue weighted by Gasteiger charge is -2.38. The van der Waals surface area contributed by atoms with Crippen molar-refractivity contribution in [3.8, 4) is 0 Å². The van der Waals surface area contributed by atoms with Crippen molar-refractivity contribution in [2.75, 3.05) is 6.61 Å². The summed E-state index contributed by atoms with van der Waals surface area (Å²) in [5, 5.41) is 14.0. The van der Waals surface area contributed by atoms with Gasteiger partial charge in [-0.2, -0.15) is 0 Å². The van der Waals surface area contributed by atoms with Crippen molar-refractivity contribution in [3.05, 3.63) is 51.1 Å². The Labute approximate surface area is 207 Å². The molecule has 8 nitrogen and oxygen atoms in total. The van der Waals surface area contributed by atoms with Gasteiger partial charge in [-0.05, 0) is 90.6 Å². The largest absolute Gasteiger partial charge is 0.376 e. The minimum Gasteiger partial charge on any atom is -0.376 e. The number of hydrogen-bond donors (Lipinski definition) is 1. The first kappa shape index (κ1) is 24.1. The second kappa shape index (κ2) is 10.2. The molecule has 1 N–H and O–H groups in total. The van der Waals surface area contributed by atoms with Crippen LogP contribution in [0.1, 0.15) is 80.9 Å². The fourth-order valence-electron chi connectivity index (χ4n) is 5.89. The Kier molecular flexibility index (Phi) is 7.02. The van der Waals surface area contributed by atoms with Crippen LogP contribution in [0.15, 0.2) is 23.0 Å². The predicted molar refractivity (Wildman–Crippen MR) is 136 cm³/mol. The SMILES string of the molecule is Cc1cc2cc(CN(C3CCCC3)[C@H](c3nnnn3C[C@H]3CCCO3)C(C)C)c(=O)[nH]c2cc1C. The maximum absolute atomic E-state index is 13.2. The molecule has 3 heterocycles. The molecule has 2 fully saturated rings. The Bertz CT molecular complexity index is 1220. The van der Waals surface area contributed by atoms with Crippen molar-refractivity contribution in [3.63, 3.8) is 0 Å². The van der Waals surface area contributed by atoms with E-state index in [-0.39, 0.29) is 23.6 Å². The number of aromatic amines is 1. The number of rotatable bonds is 8. The number of nitrogens with one attached hydrogen (secondary N) is 1. The van der Waals surface area contributed by atoms with E-state index in [1.54, 1.807) is 0 Å². The number of fused-ring (bicyclic) bond motifs is 1. The van der Waals surface area contributed by atoms with Gasteiger partial charge in [0, 0.05) is 30.3 Å². The zero-order valence-electron chi connectivity index (χ0n) is 21.5. The third-order valence-corrected chi connectivity index (χ3v) is 7.90. The van der Waals surface area contributed by atoms with Gasteiger partial charge in [0.05, 0.1) is 18.7 Å². The summed E-state index contributed by atoms with van der Waals surface area (Å²) < 4.78 is 7.82. The molecule has 0 radical (unpaired) electrons. The van der Waals surface area contributed by atoms with Gasteiger partial charge in [0.25, 0.3) is 5.56 Å². The molecule has 1 aliphatic carbocycles. The highest BCUT2D eigenvalue weighted by Crippen LogP contribution is 2.36. The van der Waals surface area contributed by atoms with Crippen LogP contribution in [0.5, 0.6) is 0 Å². The first-order valence-electron chi connectivity index (χ1n) is 13.2. The Balaban J connectivity index is 1.51. The molecule has 1 saturated heterocycles. The van der Waals surface area contributed by atoms with E-state index < -0.39 is 0 Å². The van der Waals surface area contributed by atoms with Crippen LogP contribution >= 0.6 is 0 Å². The fraction of sp³-hybridized carbons (Fsp3) is 0.630. The average Bonchev–Trinajstić information content (AvgIpc) is 3.59. The van der Waals surface area contributed by atoms with Crippen molar-refractivity contribution in [2.24, 2.45) is 5.92 Å². The van der Waals surface area contributed by atoms with E-state index in [0.29, 0.717) is 19.1 Å². The molecule has 0 unspecified atom stereocenters. The summed E-state index contributed by atoms with van der Waals surface area (Å²) in [6, 6.07) is 6.75. The summed E-state index contributed by atoms with van der Waals surface area (Å²) in [4.78, 5) is 18.9. The van der Waals surface area contributed by atoms with E-state index in [1.807, 2.05) is 4.68 Å². The number of pyridine rings is 1. The quantitative estimate of drug-likeness (QED) is 0.514. The second-order valence-corrected chi connectivity index (χ2v) is 10.8. The van der Waals surface area contributed by atoms with Crippen molar-refractivity contribution in [2.45, 2.75) is 97.5 Å². The third-order valence-electron chi connectivity index (χ3n) is 7.90. The summed E-state index contributed by atoms with van der Waals surface area (Å²) in [5.74, 6) is 1.17. The van der Waals surface area contributed by atoms with Gasteiger partial charge in [-0.25, -0.2) is 4.68 Å². The summed E-state index contributed by atoms with van der Waals surface area (Å²) in [5.41, 5.74) is 4.11. The maximum Gasteiger partial charge on any atom is 0.252 e. The van der Waals surface area contributed by atoms with Gasteiger partial charge in [0.15, 0.2) is 5.82 Å². The molecule has 2 aromatic heterocycles. The van der Waals surface area contributed by atoms with Crippen LogP contribution in [0.25, 0.3) is 10.9 Å². The molecule has 188 valence electrons. The van der Waals surface area contributed by atoms with E-state index in [0.717, 1.165) is 54.6 Å². The van der Waals surface area contributed by atoms with E-state index in [2.05, 4.69) is 71.3 Å². The first-order chi connectivity index (χ1) is 16.9. The van der Waals surface area contributed by atoms with E-state index in [4.69, 9.17) is 4.74 Å². The van der Waals surface area contributed by atoms with E-state index in [1.165, 1.54) is 24.0 Å². The van der Waals surface area contributed by atoms with Crippen molar-refractivity contribution < 1.29 is 4.74 Å². The van der Waals surface area contributed by atoms with E-state index in [9.17, 15) is 4.79 Å². The minimum atomic E-state index is -0.00907. The molecular weight excluding hydrogens is 440 g/mol. The van der Waals surface area contributed by atoms with Gasteiger partial charge in [0.1, 0.15) is 0 Å². The van der Waals surface area contributed by atoms with Crippen LogP contribution in [0.3, 0.4) is 0 Å². The number of tetrazole rings is 1. The standard InChI is InChI=1S/C27H38N6O2/c1-17(2)25(26-29-30-31-33(26)16-23-10-7-11-35-23)32(22-8-5-6-9-22)15-21-14-20-12-18(3)19(4)13-24(20)28-27(21)34/h12-14,17,22-23,25H,5-11,15-16H2,1-4H3,(H,28,34)/t23-,25+/m1/s1. The highest BCUT2D eigenvalue weighted by atomic mass is 16.5. The second-order valence-electron chi connectivity index (χ2n) is 10.8. The van der Waals surface area contributed by atoms with Crippen LogP contribution < -0.4 is 5.56 Å². The van der Waals surface area contributed by atoms with Gasteiger partial charge in [-0.15, -0.1) is 5.10 Å². The molecule has 5 rings (SSSR count). The normalized spacial score (nSPS) is 20.0. The molecule has 2 aliphatic rings. The number of aromatic nitrogens is 5. The first-order valence-corrected chi connectivity index (χ1v) is 13.2. The monoisotopic (exact) mass is 478 g/mol. The molecule has 3 aromatic rings. The molecule has 0 bridgehead atoms. The van der Waals surface area contributed by atoms with Gasteiger partial charge in [-0.3, -0.25) is 9.69 Å². The lowest BCUT2D eigenvalue weighted by atomic mass is 9.97. The Morgan fingerprint density at radius 2 is 1.89 bits per heavy atom. The molecule has 1 aromatic carbocycles. The number of nitrogens with zero attached hydrogens (tertiary/aromatic N) is 5. The zero-order chi connectivity index (χ0) is 24.5. The van der Waals surface area contributed by atoms with Crippen LogP contribution in [-0.2, 0) is 17.8 Å². The van der Waals surface area contributed by atoms with Gasteiger partial charge in [0.2, 0.25) is 0 Å². The molecular formula is C27H38N6O2. The highest BCUT2D eigenvalue weighted by Gasteiger charge is 2.36. The lowest BCUT2D eigenvalue weighted by Crippen LogP contribution is -2.41. The highest BCUT2D eigenvalue weighted by molar-refractivity contribution is 5.80. The molecule has 0 amide bonds. The lowest BCUT2D eigenvalue weighted by molar-refractivity contribution is 0.0718. The van der Waals surface area contributed by atoms with Gasteiger partial charge < -0.3 is 9.72 Å². The number of hydrogen-bond acceptors (Lipinski definition) is 6. The number of benzene rings is 1. The van der Waals surface area contributed by atoms with Crippen molar-refractivity contribution in [1.29, 1.82) is 0 Å². The Morgan fingerprint density at radius 3 is 2.60 bits per heavy atom. The topological polar surface area (TPSA) is 88.9 Å². The van der Waals surface area contributed by atoms with Gasteiger partial charge in [-0.1, -0.05) is 26.7 Å². The average molecular weight is 479 g/mol. The molecule has 35 heavy (non-hydrogen) atoms. The fourth-order valence-corrected chi connectivity index (χ4v) is 5.89. The number of aryl methyl sites for hydroxylation is 2. The smallest absolute Gasteiger partial charge is 0.252 e. The van der Waals surface area contributed by atoms with Crippen LogP contribution in [-0.4, -0.2) is 48.8 Å². The minimum absolute atomic E-state index is 0.00907. The molecule has 8 heteroatoms. The molecule has 0 spiro atoms. The summed E-state index contributed by atoms with van der Waals surface area (Å²) >= 11 is 0. The summed E-state index contributed by atoms with van der Waals surface area (Å²) in [6.07, 6.45) is 7.02. The Morgan fingerprint density at radius 1 is 1.11 bits per heavy atom. The van der Waals surface area contributed by atoms with Crippen molar-refractivity contribution >= 4 is 10.9 Å². The van der Waals surface area contributed by atoms with Crippen LogP contribution in [0.4, 0.5) is 0 Å².